The zero-order chi connectivity index (χ0) is 13.8. The number of hydrogen-bond acceptors (Lipinski definition) is 3. The van der Waals surface area contributed by atoms with Gasteiger partial charge in [-0.25, -0.2) is 0 Å². The zero-order valence-electron chi connectivity index (χ0n) is 11.8. The van der Waals surface area contributed by atoms with Crippen molar-refractivity contribution in [3.63, 3.8) is 0 Å². The first-order valence-electron chi connectivity index (χ1n) is 7.28. The van der Waals surface area contributed by atoms with E-state index < -0.39 is 0 Å². The fourth-order valence-electron chi connectivity index (χ4n) is 2.75. The van der Waals surface area contributed by atoms with E-state index in [1.807, 2.05) is 0 Å². The molecule has 2 rings (SSSR count). The SMILES string of the molecule is CCC(N)C(OC1CCCCC1C)c1ccc(Br)s1. The average Bonchev–Trinajstić information content (AvgIpc) is 2.83. The summed E-state index contributed by atoms with van der Waals surface area (Å²) in [5, 5.41) is 0. The quantitative estimate of drug-likeness (QED) is 0.824. The molecule has 0 aromatic carbocycles. The van der Waals surface area contributed by atoms with Gasteiger partial charge in [0.05, 0.1) is 9.89 Å². The van der Waals surface area contributed by atoms with E-state index in [1.165, 1.54) is 30.6 Å². The van der Waals surface area contributed by atoms with Crippen molar-refractivity contribution in [3.8, 4) is 0 Å². The minimum absolute atomic E-state index is 0.0480. The maximum Gasteiger partial charge on any atom is 0.107 e. The van der Waals surface area contributed by atoms with Crippen LogP contribution in [0.2, 0.25) is 0 Å². The summed E-state index contributed by atoms with van der Waals surface area (Å²) < 4.78 is 7.57. The molecular formula is C15H24BrNOS. The van der Waals surface area contributed by atoms with Crippen molar-refractivity contribution in [3.05, 3.63) is 20.8 Å². The van der Waals surface area contributed by atoms with Gasteiger partial charge in [0.25, 0.3) is 0 Å². The van der Waals surface area contributed by atoms with E-state index >= 15 is 0 Å². The molecule has 0 bridgehead atoms. The van der Waals surface area contributed by atoms with E-state index in [2.05, 4.69) is 41.9 Å². The van der Waals surface area contributed by atoms with Gasteiger partial charge in [-0.3, -0.25) is 0 Å². The number of thiophene rings is 1. The van der Waals surface area contributed by atoms with Crippen molar-refractivity contribution < 1.29 is 4.74 Å². The highest BCUT2D eigenvalue weighted by Crippen LogP contribution is 2.36. The fourth-order valence-corrected chi connectivity index (χ4v) is 4.28. The first-order valence-corrected chi connectivity index (χ1v) is 8.89. The molecule has 0 aliphatic heterocycles. The van der Waals surface area contributed by atoms with Crippen molar-refractivity contribution in [1.29, 1.82) is 0 Å². The monoisotopic (exact) mass is 345 g/mol. The topological polar surface area (TPSA) is 35.2 Å². The van der Waals surface area contributed by atoms with Crippen LogP contribution in [0.15, 0.2) is 15.9 Å². The largest absolute Gasteiger partial charge is 0.368 e. The highest BCUT2D eigenvalue weighted by Gasteiger charge is 2.29. The predicted octanol–water partition coefficient (Wildman–Crippen LogP) is 4.88. The Labute approximate surface area is 128 Å². The van der Waals surface area contributed by atoms with Gasteiger partial charge in [-0.05, 0) is 53.2 Å². The van der Waals surface area contributed by atoms with Crippen LogP contribution in [0, 0.1) is 5.92 Å². The van der Waals surface area contributed by atoms with Gasteiger partial charge < -0.3 is 10.5 Å². The number of ether oxygens (including phenoxy) is 1. The Morgan fingerprint density at radius 2 is 2.16 bits per heavy atom. The Kier molecular flexibility index (Phi) is 5.87. The number of nitrogens with two attached hydrogens (primary N) is 1. The summed E-state index contributed by atoms with van der Waals surface area (Å²) in [7, 11) is 0. The lowest BCUT2D eigenvalue weighted by Crippen LogP contribution is -2.35. The lowest BCUT2D eigenvalue weighted by atomic mass is 9.87. The standard InChI is InChI=1S/C15H24BrNOS/c1-3-11(17)15(13-8-9-14(16)19-13)18-12-7-5-4-6-10(12)2/h8-12,15H,3-7,17H2,1-2H3. The molecule has 1 heterocycles. The second kappa shape index (κ2) is 7.21. The highest BCUT2D eigenvalue weighted by atomic mass is 79.9. The van der Waals surface area contributed by atoms with E-state index in [9.17, 15) is 0 Å². The second-order valence-corrected chi connectivity index (χ2v) is 8.07. The van der Waals surface area contributed by atoms with Gasteiger partial charge in [-0.2, -0.15) is 0 Å². The molecule has 2 nitrogen and oxygen atoms in total. The molecule has 19 heavy (non-hydrogen) atoms. The van der Waals surface area contributed by atoms with Crippen LogP contribution >= 0.6 is 27.3 Å². The number of hydrogen-bond donors (Lipinski definition) is 1. The number of halogens is 1. The molecule has 1 saturated carbocycles. The van der Waals surface area contributed by atoms with Crippen molar-refractivity contribution in [2.24, 2.45) is 11.7 Å². The summed E-state index contributed by atoms with van der Waals surface area (Å²) in [6.45, 7) is 4.44. The second-order valence-electron chi connectivity index (χ2n) is 5.57. The van der Waals surface area contributed by atoms with Crippen LogP contribution in [0.5, 0.6) is 0 Å². The molecule has 2 N–H and O–H groups in total. The molecule has 0 spiro atoms. The Morgan fingerprint density at radius 1 is 1.42 bits per heavy atom. The Bertz CT molecular complexity index is 395. The van der Waals surface area contributed by atoms with Crippen molar-refractivity contribution in [1.82, 2.24) is 0 Å². The molecule has 4 unspecified atom stereocenters. The molecule has 1 aromatic rings. The third-order valence-corrected chi connectivity index (χ3v) is 5.77. The molecule has 0 saturated heterocycles. The van der Waals surface area contributed by atoms with Crippen molar-refractivity contribution >= 4 is 27.3 Å². The van der Waals surface area contributed by atoms with E-state index in [4.69, 9.17) is 10.5 Å². The Morgan fingerprint density at radius 3 is 2.74 bits per heavy atom. The van der Waals surface area contributed by atoms with Crippen LogP contribution in [0.25, 0.3) is 0 Å². The molecule has 1 fully saturated rings. The Hall–Kier alpha value is 0.1000. The first-order chi connectivity index (χ1) is 9.11. The third-order valence-electron chi connectivity index (χ3n) is 4.09. The maximum absolute atomic E-state index is 6.42. The van der Waals surface area contributed by atoms with Gasteiger partial charge in [0.2, 0.25) is 0 Å². The summed E-state index contributed by atoms with van der Waals surface area (Å²) in [4.78, 5) is 1.25. The molecular weight excluding hydrogens is 322 g/mol. The molecule has 108 valence electrons. The van der Waals surface area contributed by atoms with E-state index in [1.54, 1.807) is 11.3 Å². The molecule has 1 aliphatic rings. The number of rotatable bonds is 5. The smallest absolute Gasteiger partial charge is 0.107 e. The highest BCUT2D eigenvalue weighted by molar-refractivity contribution is 9.11. The van der Waals surface area contributed by atoms with Gasteiger partial charge in [-0.15, -0.1) is 11.3 Å². The van der Waals surface area contributed by atoms with Gasteiger partial charge in [-0.1, -0.05) is 26.7 Å². The van der Waals surface area contributed by atoms with Crippen LogP contribution < -0.4 is 5.73 Å². The van der Waals surface area contributed by atoms with E-state index in [0.717, 1.165) is 10.2 Å². The van der Waals surface area contributed by atoms with Crippen LogP contribution in [-0.2, 0) is 4.74 Å². The minimum Gasteiger partial charge on any atom is -0.368 e. The predicted molar refractivity (Wildman–Crippen MR) is 85.5 cm³/mol. The van der Waals surface area contributed by atoms with Crippen LogP contribution in [0.4, 0.5) is 0 Å². The summed E-state index contributed by atoms with van der Waals surface area (Å²) >= 11 is 5.27. The zero-order valence-corrected chi connectivity index (χ0v) is 14.2. The summed E-state index contributed by atoms with van der Waals surface area (Å²) in [5.41, 5.74) is 6.29. The molecule has 4 heteroatoms. The fraction of sp³-hybridized carbons (Fsp3) is 0.733. The minimum atomic E-state index is 0.0480. The van der Waals surface area contributed by atoms with Gasteiger partial charge in [0, 0.05) is 10.9 Å². The normalized spacial score (nSPS) is 27.2. The van der Waals surface area contributed by atoms with Crippen LogP contribution in [0.1, 0.15) is 56.9 Å². The Balaban J connectivity index is 2.09. The molecule has 0 amide bonds. The van der Waals surface area contributed by atoms with Gasteiger partial charge in [0.15, 0.2) is 0 Å². The maximum atomic E-state index is 6.42. The summed E-state index contributed by atoms with van der Waals surface area (Å²) in [5.74, 6) is 0.656. The lowest BCUT2D eigenvalue weighted by molar-refractivity contribution is -0.0662. The van der Waals surface area contributed by atoms with E-state index in [-0.39, 0.29) is 12.1 Å². The average molecular weight is 346 g/mol. The van der Waals surface area contributed by atoms with Crippen molar-refractivity contribution in [2.45, 2.75) is 64.2 Å². The van der Waals surface area contributed by atoms with Crippen molar-refractivity contribution in [2.75, 3.05) is 0 Å². The lowest BCUT2D eigenvalue weighted by Gasteiger charge is -2.34. The van der Waals surface area contributed by atoms with Gasteiger partial charge in [0.1, 0.15) is 6.10 Å². The molecule has 1 aliphatic carbocycles. The van der Waals surface area contributed by atoms with Gasteiger partial charge >= 0.3 is 0 Å². The van der Waals surface area contributed by atoms with E-state index in [0.29, 0.717) is 12.0 Å². The van der Waals surface area contributed by atoms with Crippen LogP contribution in [-0.4, -0.2) is 12.1 Å². The first kappa shape index (κ1) is 15.5. The van der Waals surface area contributed by atoms with Crippen LogP contribution in [0.3, 0.4) is 0 Å². The summed E-state index contributed by atoms with van der Waals surface area (Å²) in [6, 6.07) is 4.31. The third kappa shape index (κ3) is 4.03. The molecule has 1 aromatic heterocycles. The molecule has 4 atom stereocenters. The molecule has 0 radical (unpaired) electrons. The summed E-state index contributed by atoms with van der Waals surface area (Å²) in [6.07, 6.45) is 6.46.